The lowest BCUT2D eigenvalue weighted by Gasteiger charge is -2.03. The second kappa shape index (κ2) is 7.03. The predicted molar refractivity (Wildman–Crippen MR) is 92.1 cm³/mol. The molecule has 3 rings (SSSR count). The maximum absolute atomic E-state index is 12.1. The molecule has 0 bridgehead atoms. The molecule has 1 heterocycles. The minimum absolute atomic E-state index is 0.123. The highest BCUT2D eigenvalue weighted by molar-refractivity contribution is 6.42. The fourth-order valence-corrected chi connectivity index (χ4v) is 2.34. The SMILES string of the molecule is Cc1ccc(-c2noc(CNC(=O)c3ccc(Cl)c(Cl)c3)n2)cc1. The van der Waals surface area contributed by atoms with Gasteiger partial charge in [0.1, 0.15) is 0 Å². The van der Waals surface area contributed by atoms with E-state index in [1.54, 1.807) is 12.1 Å². The van der Waals surface area contributed by atoms with Crippen LogP contribution in [0.25, 0.3) is 11.4 Å². The number of rotatable bonds is 4. The van der Waals surface area contributed by atoms with Gasteiger partial charge in [0.05, 0.1) is 16.6 Å². The Morgan fingerprint density at radius 3 is 2.58 bits per heavy atom. The van der Waals surface area contributed by atoms with E-state index in [4.69, 9.17) is 27.7 Å². The molecule has 0 unspecified atom stereocenters. The Hall–Kier alpha value is -2.37. The van der Waals surface area contributed by atoms with Gasteiger partial charge in [-0.2, -0.15) is 4.98 Å². The highest BCUT2D eigenvalue weighted by Gasteiger charge is 2.12. The van der Waals surface area contributed by atoms with Crippen LogP contribution in [0.15, 0.2) is 47.0 Å². The quantitative estimate of drug-likeness (QED) is 0.752. The summed E-state index contributed by atoms with van der Waals surface area (Å²) in [6.45, 7) is 2.13. The van der Waals surface area contributed by atoms with Crippen LogP contribution < -0.4 is 5.32 Å². The fraction of sp³-hybridized carbons (Fsp3) is 0.118. The zero-order chi connectivity index (χ0) is 17.1. The van der Waals surface area contributed by atoms with Gasteiger partial charge in [0.2, 0.25) is 11.7 Å². The number of aromatic nitrogens is 2. The van der Waals surface area contributed by atoms with Crippen molar-refractivity contribution in [1.29, 1.82) is 0 Å². The second-order valence-corrected chi connectivity index (χ2v) is 6.00. The maximum atomic E-state index is 12.1. The Balaban J connectivity index is 1.65. The summed E-state index contributed by atoms with van der Waals surface area (Å²) >= 11 is 11.7. The van der Waals surface area contributed by atoms with Crippen molar-refractivity contribution in [2.45, 2.75) is 13.5 Å². The number of nitrogens with zero attached hydrogens (tertiary/aromatic N) is 2. The Bertz CT molecular complexity index is 876. The van der Waals surface area contributed by atoms with Gasteiger partial charge in [0, 0.05) is 11.1 Å². The first kappa shape index (κ1) is 16.5. The van der Waals surface area contributed by atoms with E-state index in [-0.39, 0.29) is 12.5 Å². The summed E-state index contributed by atoms with van der Waals surface area (Å²) < 4.78 is 5.16. The van der Waals surface area contributed by atoms with Crippen molar-refractivity contribution >= 4 is 29.1 Å². The molecular weight excluding hydrogens is 349 g/mol. The molecule has 0 aliphatic heterocycles. The van der Waals surface area contributed by atoms with Gasteiger partial charge in [-0.3, -0.25) is 4.79 Å². The lowest BCUT2D eigenvalue weighted by atomic mass is 10.1. The second-order valence-electron chi connectivity index (χ2n) is 5.19. The van der Waals surface area contributed by atoms with Crippen LogP contribution in [0.4, 0.5) is 0 Å². The standard InChI is InChI=1S/C17H13Cl2N3O2/c1-10-2-4-11(5-3-10)16-21-15(24-22-16)9-20-17(23)12-6-7-13(18)14(19)8-12/h2-8H,9H2,1H3,(H,20,23). The third kappa shape index (κ3) is 3.75. The number of carbonyl (C=O) groups is 1. The largest absolute Gasteiger partial charge is 0.343 e. The molecule has 1 amide bonds. The smallest absolute Gasteiger partial charge is 0.251 e. The Labute approximate surface area is 148 Å². The average molecular weight is 362 g/mol. The Kier molecular flexibility index (Phi) is 4.83. The van der Waals surface area contributed by atoms with Crippen LogP contribution >= 0.6 is 23.2 Å². The number of aryl methyl sites for hydroxylation is 1. The number of benzene rings is 2. The lowest BCUT2D eigenvalue weighted by molar-refractivity contribution is 0.0946. The van der Waals surface area contributed by atoms with Gasteiger partial charge in [-0.15, -0.1) is 0 Å². The van der Waals surface area contributed by atoms with Crippen LogP contribution in [-0.2, 0) is 6.54 Å². The number of amides is 1. The molecule has 122 valence electrons. The zero-order valence-corrected chi connectivity index (χ0v) is 14.2. The monoisotopic (exact) mass is 361 g/mol. The maximum Gasteiger partial charge on any atom is 0.251 e. The first-order valence-corrected chi connectivity index (χ1v) is 7.91. The van der Waals surface area contributed by atoms with Crippen LogP contribution in [0, 0.1) is 6.92 Å². The van der Waals surface area contributed by atoms with E-state index >= 15 is 0 Å². The molecule has 0 atom stereocenters. The Morgan fingerprint density at radius 2 is 1.88 bits per heavy atom. The molecule has 0 aliphatic rings. The normalized spacial score (nSPS) is 10.6. The van der Waals surface area contributed by atoms with Gasteiger partial charge in [0.15, 0.2) is 0 Å². The molecule has 0 radical (unpaired) electrons. The van der Waals surface area contributed by atoms with E-state index in [0.717, 1.165) is 11.1 Å². The summed E-state index contributed by atoms with van der Waals surface area (Å²) in [5.74, 6) is 0.497. The van der Waals surface area contributed by atoms with Gasteiger partial charge in [-0.1, -0.05) is 58.2 Å². The van der Waals surface area contributed by atoms with E-state index < -0.39 is 0 Å². The van der Waals surface area contributed by atoms with Crippen molar-refractivity contribution in [1.82, 2.24) is 15.5 Å². The minimum atomic E-state index is -0.302. The van der Waals surface area contributed by atoms with Crippen molar-refractivity contribution in [3.8, 4) is 11.4 Å². The van der Waals surface area contributed by atoms with Gasteiger partial charge < -0.3 is 9.84 Å². The van der Waals surface area contributed by atoms with E-state index in [2.05, 4.69) is 15.5 Å². The van der Waals surface area contributed by atoms with E-state index in [1.807, 2.05) is 31.2 Å². The van der Waals surface area contributed by atoms with Gasteiger partial charge in [-0.25, -0.2) is 0 Å². The molecule has 1 aromatic heterocycles. The summed E-state index contributed by atoms with van der Waals surface area (Å²) in [5, 5.41) is 7.33. The highest BCUT2D eigenvalue weighted by atomic mass is 35.5. The molecule has 24 heavy (non-hydrogen) atoms. The summed E-state index contributed by atoms with van der Waals surface area (Å²) in [7, 11) is 0. The molecule has 0 spiro atoms. The van der Waals surface area contributed by atoms with E-state index in [1.165, 1.54) is 6.07 Å². The number of hydrogen-bond donors (Lipinski definition) is 1. The van der Waals surface area contributed by atoms with Crippen LogP contribution in [-0.4, -0.2) is 16.0 Å². The molecule has 1 N–H and O–H groups in total. The van der Waals surface area contributed by atoms with Crippen molar-refractivity contribution < 1.29 is 9.32 Å². The van der Waals surface area contributed by atoms with Crippen molar-refractivity contribution in [3.05, 3.63) is 69.5 Å². The molecule has 3 aromatic rings. The highest BCUT2D eigenvalue weighted by Crippen LogP contribution is 2.22. The van der Waals surface area contributed by atoms with E-state index in [9.17, 15) is 4.79 Å². The molecule has 7 heteroatoms. The topological polar surface area (TPSA) is 68.0 Å². The van der Waals surface area contributed by atoms with Crippen molar-refractivity contribution in [3.63, 3.8) is 0 Å². The first-order chi connectivity index (χ1) is 11.5. The average Bonchev–Trinajstić information content (AvgIpc) is 3.05. The predicted octanol–water partition coefficient (Wildman–Crippen LogP) is 4.28. The molecule has 0 saturated heterocycles. The van der Waals surface area contributed by atoms with E-state index in [0.29, 0.717) is 27.3 Å². The van der Waals surface area contributed by atoms with Crippen LogP contribution in [0.2, 0.25) is 10.0 Å². The van der Waals surface area contributed by atoms with Crippen molar-refractivity contribution in [2.24, 2.45) is 0 Å². The molecule has 0 fully saturated rings. The first-order valence-electron chi connectivity index (χ1n) is 7.16. The number of nitrogens with one attached hydrogen (secondary N) is 1. The number of halogens is 2. The summed E-state index contributed by atoms with van der Waals surface area (Å²) in [5.41, 5.74) is 2.41. The molecule has 5 nitrogen and oxygen atoms in total. The summed E-state index contributed by atoms with van der Waals surface area (Å²) in [6.07, 6.45) is 0. The van der Waals surface area contributed by atoms with Gasteiger partial charge in [-0.05, 0) is 25.1 Å². The van der Waals surface area contributed by atoms with Crippen LogP contribution in [0.5, 0.6) is 0 Å². The third-order valence-corrected chi connectivity index (χ3v) is 4.10. The zero-order valence-electron chi connectivity index (χ0n) is 12.7. The molecule has 2 aromatic carbocycles. The molecular formula is C17H13Cl2N3O2. The van der Waals surface area contributed by atoms with Crippen LogP contribution in [0.3, 0.4) is 0 Å². The van der Waals surface area contributed by atoms with Gasteiger partial charge >= 0.3 is 0 Å². The fourth-order valence-electron chi connectivity index (χ4n) is 2.04. The summed E-state index contributed by atoms with van der Waals surface area (Å²) in [4.78, 5) is 16.4. The van der Waals surface area contributed by atoms with Crippen molar-refractivity contribution in [2.75, 3.05) is 0 Å². The lowest BCUT2D eigenvalue weighted by Crippen LogP contribution is -2.22. The molecule has 0 saturated carbocycles. The molecule has 0 aliphatic carbocycles. The van der Waals surface area contributed by atoms with Gasteiger partial charge in [0.25, 0.3) is 5.91 Å². The number of hydrogen-bond acceptors (Lipinski definition) is 4. The summed E-state index contributed by atoms with van der Waals surface area (Å²) in [6, 6.07) is 12.4. The number of carbonyl (C=O) groups excluding carboxylic acids is 1. The Morgan fingerprint density at radius 1 is 1.12 bits per heavy atom. The van der Waals surface area contributed by atoms with Crippen LogP contribution in [0.1, 0.15) is 21.8 Å². The minimum Gasteiger partial charge on any atom is -0.343 e. The third-order valence-electron chi connectivity index (χ3n) is 3.36.